The van der Waals surface area contributed by atoms with E-state index in [1.54, 1.807) is 11.3 Å². The van der Waals surface area contributed by atoms with E-state index in [1.165, 1.54) is 73.1 Å². The molecular formula is C25H28BrN3S. The molecule has 30 heavy (non-hydrogen) atoms. The molecule has 0 radical (unpaired) electrons. The van der Waals surface area contributed by atoms with Gasteiger partial charge in [0.25, 0.3) is 0 Å². The van der Waals surface area contributed by atoms with Crippen molar-refractivity contribution in [1.29, 1.82) is 0 Å². The normalized spacial score (nSPS) is 15.8. The molecule has 1 fully saturated rings. The van der Waals surface area contributed by atoms with Crippen LogP contribution in [0.2, 0.25) is 0 Å². The van der Waals surface area contributed by atoms with Crippen molar-refractivity contribution in [2.45, 2.75) is 38.5 Å². The number of nitrogens with zero attached hydrogens (tertiary/aromatic N) is 2. The molecule has 3 aromatic rings. The number of nitrogens with one attached hydrogen (secondary N) is 1. The highest BCUT2D eigenvalue weighted by molar-refractivity contribution is 9.10. The van der Waals surface area contributed by atoms with Gasteiger partial charge in [0.05, 0.1) is 0 Å². The number of benzene rings is 1. The molecule has 1 N–H and O–H groups in total. The predicted molar refractivity (Wildman–Crippen MR) is 131 cm³/mol. The van der Waals surface area contributed by atoms with Gasteiger partial charge in [0, 0.05) is 28.7 Å². The maximum atomic E-state index is 5.09. The number of fused-ring (bicyclic) bond motifs is 3. The van der Waals surface area contributed by atoms with Gasteiger partial charge >= 0.3 is 0 Å². The zero-order chi connectivity index (χ0) is 20.3. The Morgan fingerprint density at radius 2 is 1.97 bits per heavy atom. The standard InChI is InChI=1S/C25H28BrN3S/c26-21-5-6-23-19(15-21)14-20-16-22(13-18-7-12-30-17-18)28-25(24(20)23)27-8-4-11-29-9-2-1-3-10-29/h5-7,12,15-17H,1-4,8-11,13-14H2,(H,27,28). The lowest BCUT2D eigenvalue weighted by Gasteiger charge is -2.26. The van der Waals surface area contributed by atoms with Crippen LogP contribution in [0.15, 0.2) is 45.6 Å². The van der Waals surface area contributed by atoms with Crippen molar-refractivity contribution >= 4 is 33.1 Å². The second-order valence-corrected chi connectivity index (χ2v) is 10.2. The molecule has 2 aromatic heterocycles. The summed E-state index contributed by atoms with van der Waals surface area (Å²) >= 11 is 5.39. The lowest BCUT2D eigenvalue weighted by Crippen LogP contribution is -2.31. The quantitative estimate of drug-likeness (QED) is 0.311. The van der Waals surface area contributed by atoms with Crippen molar-refractivity contribution in [3.8, 4) is 11.1 Å². The Bertz CT molecular complexity index is 1010. The van der Waals surface area contributed by atoms with Gasteiger partial charge in [0.2, 0.25) is 0 Å². The Labute approximate surface area is 191 Å². The summed E-state index contributed by atoms with van der Waals surface area (Å²) in [5.41, 5.74) is 7.96. The van der Waals surface area contributed by atoms with E-state index in [4.69, 9.17) is 4.98 Å². The molecule has 3 heterocycles. The van der Waals surface area contributed by atoms with Crippen molar-refractivity contribution in [1.82, 2.24) is 9.88 Å². The van der Waals surface area contributed by atoms with Gasteiger partial charge in [0.15, 0.2) is 0 Å². The number of hydrogen-bond acceptors (Lipinski definition) is 4. The summed E-state index contributed by atoms with van der Waals surface area (Å²) in [6.45, 7) is 4.70. The van der Waals surface area contributed by atoms with E-state index >= 15 is 0 Å². The maximum Gasteiger partial charge on any atom is 0.134 e. The first-order chi connectivity index (χ1) is 14.8. The number of hydrogen-bond donors (Lipinski definition) is 1. The Balaban J connectivity index is 1.36. The van der Waals surface area contributed by atoms with Crippen molar-refractivity contribution < 1.29 is 0 Å². The molecule has 2 aliphatic rings. The molecule has 1 saturated heterocycles. The number of rotatable bonds is 7. The molecule has 0 saturated carbocycles. The van der Waals surface area contributed by atoms with Crippen LogP contribution in [0, 0.1) is 0 Å². The second kappa shape index (κ2) is 9.21. The van der Waals surface area contributed by atoms with E-state index in [2.05, 4.69) is 67.2 Å². The Morgan fingerprint density at radius 3 is 2.80 bits per heavy atom. The molecular weight excluding hydrogens is 454 g/mol. The number of likely N-dealkylation sites (tertiary alicyclic amines) is 1. The van der Waals surface area contributed by atoms with E-state index in [0.717, 1.165) is 35.4 Å². The van der Waals surface area contributed by atoms with Gasteiger partial charge < -0.3 is 10.2 Å². The van der Waals surface area contributed by atoms with E-state index in [9.17, 15) is 0 Å². The number of piperidine rings is 1. The van der Waals surface area contributed by atoms with Crippen LogP contribution < -0.4 is 5.32 Å². The highest BCUT2D eigenvalue weighted by Crippen LogP contribution is 2.42. The molecule has 156 valence electrons. The third-order valence-electron chi connectivity index (χ3n) is 6.23. The zero-order valence-electron chi connectivity index (χ0n) is 17.3. The van der Waals surface area contributed by atoms with Crippen molar-refractivity contribution in [2.75, 3.05) is 31.5 Å². The fraction of sp³-hybridized carbons (Fsp3) is 0.400. The smallest absolute Gasteiger partial charge is 0.134 e. The van der Waals surface area contributed by atoms with E-state index in [-0.39, 0.29) is 0 Å². The first-order valence-electron chi connectivity index (χ1n) is 11.1. The third-order valence-corrected chi connectivity index (χ3v) is 7.45. The summed E-state index contributed by atoms with van der Waals surface area (Å²) in [5, 5.41) is 8.09. The summed E-state index contributed by atoms with van der Waals surface area (Å²) in [6.07, 6.45) is 7.18. The Morgan fingerprint density at radius 1 is 1.07 bits per heavy atom. The largest absolute Gasteiger partial charge is 0.369 e. The van der Waals surface area contributed by atoms with E-state index in [0.29, 0.717) is 0 Å². The molecule has 0 bridgehead atoms. The topological polar surface area (TPSA) is 28.2 Å². The highest BCUT2D eigenvalue weighted by atomic mass is 79.9. The summed E-state index contributed by atoms with van der Waals surface area (Å²) < 4.78 is 1.15. The van der Waals surface area contributed by atoms with Crippen LogP contribution in [0.1, 0.15) is 48.1 Å². The van der Waals surface area contributed by atoms with Gasteiger partial charge in [-0.05, 0) is 103 Å². The van der Waals surface area contributed by atoms with Crippen molar-refractivity contribution in [3.63, 3.8) is 0 Å². The van der Waals surface area contributed by atoms with Gasteiger partial charge in [0.1, 0.15) is 5.82 Å². The fourth-order valence-corrected chi connectivity index (χ4v) is 5.85. The lowest BCUT2D eigenvalue weighted by atomic mass is 10.0. The molecule has 1 aliphatic carbocycles. The monoisotopic (exact) mass is 481 g/mol. The van der Waals surface area contributed by atoms with Crippen molar-refractivity contribution in [2.24, 2.45) is 0 Å². The molecule has 0 unspecified atom stereocenters. The number of halogens is 1. The number of aromatic nitrogens is 1. The van der Waals surface area contributed by atoms with Crippen LogP contribution in [0.5, 0.6) is 0 Å². The predicted octanol–water partition coefficient (Wildman–Crippen LogP) is 6.36. The molecule has 1 aliphatic heterocycles. The number of pyridine rings is 1. The first-order valence-corrected chi connectivity index (χ1v) is 12.8. The molecule has 0 amide bonds. The fourth-order valence-electron chi connectivity index (χ4n) is 4.77. The van der Waals surface area contributed by atoms with Crippen LogP contribution in [-0.4, -0.2) is 36.1 Å². The molecule has 0 atom stereocenters. The first kappa shape index (κ1) is 20.2. The van der Waals surface area contributed by atoms with Gasteiger partial charge in [-0.1, -0.05) is 28.4 Å². The summed E-state index contributed by atoms with van der Waals surface area (Å²) in [6, 6.07) is 11.2. The SMILES string of the molecule is Brc1ccc2c(c1)Cc1cc(Cc3ccsc3)nc(NCCCN3CCCCC3)c1-2. The minimum atomic E-state index is 0.902. The van der Waals surface area contributed by atoms with Crippen LogP contribution in [0.4, 0.5) is 5.82 Å². The second-order valence-electron chi connectivity index (χ2n) is 8.47. The average molecular weight is 482 g/mol. The minimum absolute atomic E-state index is 0.902. The molecule has 5 rings (SSSR count). The van der Waals surface area contributed by atoms with Crippen LogP contribution in [0.25, 0.3) is 11.1 Å². The maximum absolute atomic E-state index is 5.09. The van der Waals surface area contributed by atoms with Crippen LogP contribution in [-0.2, 0) is 12.8 Å². The third kappa shape index (κ3) is 4.48. The Kier molecular flexibility index (Phi) is 6.21. The highest BCUT2D eigenvalue weighted by Gasteiger charge is 2.24. The van der Waals surface area contributed by atoms with Gasteiger partial charge in [-0.2, -0.15) is 11.3 Å². The van der Waals surface area contributed by atoms with Gasteiger partial charge in [-0.3, -0.25) is 0 Å². The molecule has 0 spiro atoms. The summed E-state index contributed by atoms with van der Waals surface area (Å²) in [7, 11) is 0. The van der Waals surface area contributed by atoms with E-state index in [1.807, 2.05) is 0 Å². The molecule has 1 aromatic carbocycles. The number of thiophene rings is 1. The van der Waals surface area contributed by atoms with Crippen LogP contribution in [0.3, 0.4) is 0 Å². The minimum Gasteiger partial charge on any atom is -0.369 e. The van der Waals surface area contributed by atoms with Gasteiger partial charge in [-0.15, -0.1) is 0 Å². The average Bonchev–Trinajstić information content (AvgIpc) is 3.38. The lowest BCUT2D eigenvalue weighted by molar-refractivity contribution is 0.228. The molecule has 3 nitrogen and oxygen atoms in total. The summed E-state index contributed by atoms with van der Waals surface area (Å²) in [5.74, 6) is 1.07. The van der Waals surface area contributed by atoms with Crippen molar-refractivity contribution in [3.05, 3.63) is 67.9 Å². The summed E-state index contributed by atoms with van der Waals surface area (Å²) in [4.78, 5) is 7.71. The van der Waals surface area contributed by atoms with Crippen LogP contribution >= 0.6 is 27.3 Å². The van der Waals surface area contributed by atoms with E-state index < -0.39 is 0 Å². The zero-order valence-corrected chi connectivity index (χ0v) is 19.7. The molecule has 5 heteroatoms. The number of anilines is 1. The Hall–Kier alpha value is -1.69. The van der Waals surface area contributed by atoms with Gasteiger partial charge in [-0.25, -0.2) is 4.98 Å².